The Morgan fingerprint density at radius 1 is 1.26 bits per heavy atom. The number of nitrogens with zero attached hydrogens (tertiary/aromatic N) is 3. The summed E-state index contributed by atoms with van der Waals surface area (Å²) in [7, 11) is 3.80. The van der Waals surface area contributed by atoms with Crippen molar-refractivity contribution in [3.63, 3.8) is 0 Å². The monoisotopic (exact) mass is 317 g/mol. The first kappa shape index (κ1) is 17.0. The Morgan fingerprint density at radius 3 is 2.57 bits per heavy atom. The molecule has 7 heteroatoms. The van der Waals surface area contributed by atoms with Crippen LogP contribution in [0.1, 0.15) is 5.56 Å². The third-order valence-electron chi connectivity index (χ3n) is 3.17. The third-order valence-corrected chi connectivity index (χ3v) is 3.17. The number of anilines is 2. The number of aliphatic hydroxyl groups is 1. The molecule has 0 saturated carbocycles. The lowest BCUT2D eigenvalue weighted by atomic mass is 10.2. The zero-order chi connectivity index (χ0) is 16.8. The SMILES string of the molecule is Cc1ccc(NC(=O)Nc2cnn(C[C@@H](O)CN(C)C)c2)cc1. The molecule has 0 radical (unpaired) electrons. The number of benzene rings is 1. The molecule has 0 spiro atoms. The lowest BCUT2D eigenvalue weighted by molar-refractivity contribution is 0.116. The zero-order valence-electron chi connectivity index (χ0n) is 13.7. The second-order valence-electron chi connectivity index (χ2n) is 5.81. The summed E-state index contributed by atoms with van der Waals surface area (Å²) in [5, 5.41) is 19.5. The first-order chi connectivity index (χ1) is 10.9. The summed E-state index contributed by atoms with van der Waals surface area (Å²) in [6.07, 6.45) is 2.73. The van der Waals surface area contributed by atoms with Gasteiger partial charge in [-0.15, -0.1) is 0 Å². The van der Waals surface area contributed by atoms with Crippen LogP contribution in [0.5, 0.6) is 0 Å². The molecule has 0 bridgehead atoms. The van der Waals surface area contributed by atoms with E-state index in [-0.39, 0.29) is 6.03 Å². The van der Waals surface area contributed by atoms with Crippen LogP contribution < -0.4 is 10.6 Å². The number of hydrogen-bond donors (Lipinski definition) is 3. The van der Waals surface area contributed by atoms with E-state index in [1.807, 2.05) is 50.2 Å². The van der Waals surface area contributed by atoms with Gasteiger partial charge in [0.1, 0.15) is 0 Å². The number of carbonyl (C=O) groups excluding carboxylic acids is 1. The predicted molar refractivity (Wildman–Crippen MR) is 90.6 cm³/mol. The molecule has 0 aliphatic carbocycles. The van der Waals surface area contributed by atoms with Gasteiger partial charge in [-0.2, -0.15) is 5.10 Å². The highest BCUT2D eigenvalue weighted by Crippen LogP contribution is 2.10. The van der Waals surface area contributed by atoms with E-state index in [1.165, 1.54) is 0 Å². The molecule has 2 amide bonds. The molecule has 7 nitrogen and oxygen atoms in total. The molecule has 2 aromatic rings. The molecule has 1 heterocycles. The highest BCUT2D eigenvalue weighted by molar-refractivity contribution is 5.99. The first-order valence-corrected chi connectivity index (χ1v) is 7.42. The summed E-state index contributed by atoms with van der Waals surface area (Å²) < 4.78 is 1.61. The average molecular weight is 317 g/mol. The number of aryl methyl sites for hydroxylation is 1. The highest BCUT2D eigenvalue weighted by Gasteiger charge is 2.09. The zero-order valence-corrected chi connectivity index (χ0v) is 13.7. The summed E-state index contributed by atoms with van der Waals surface area (Å²) >= 11 is 0. The van der Waals surface area contributed by atoms with Crippen LogP contribution in [0.4, 0.5) is 16.2 Å². The fraction of sp³-hybridized carbons (Fsp3) is 0.375. The van der Waals surface area contributed by atoms with Crippen molar-refractivity contribution in [1.29, 1.82) is 0 Å². The molecule has 0 fully saturated rings. The Hall–Kier alpha value is -2.38. The van der Waals surface area contributed by atoms with Crippen LogP contribution in [0.3, 0.4) is 0 Å². The standard InChI is InChI=1S/C16H23N5O2/c1-12-4-6-13(7-5-12)18-16(23)19-14-8-17-21(9-14)11-15(22)10-20(2)3/h4-9,15,22H,10-11H2,1-3H3,(H2,18,19,23)/t15-/m0/s1. The number of aliphatic hydroxyl groups excluding tert-OH is 1. The molecule has 1 atom stereocenters. The molecule has 3 N–H and O–H groups in total. The van der Waals surface area contributed by atoms with Crippen molar-refractivity contribution in [3.05, 3.63) is 42.2 Å². The van der Waals surface area contributed by atoms with Crippen LogP contribution in [-0.4, -0.2) is 52.6 Å². The molecular weight excluding hydrogens is 294 g/mol. The van der Waals surface area contributed by atoms with Crippen LogP contribution in [0, 0.1) is 6.92 Å². The molecule has 1 aromatic heterocycles. The minimum Gasteiger partial charge on any atom is -0.390 e. The normalized spacial score (nSPS) is 12.2. The summed E-state index contributed by atoms with van der Waals surface area (Å²) in [5.74, 6) is 0. The Morgan fingerprint density at radius 2 is 1.91 bits per heavy atom. The number of carbonyl (C=O) groups is 1. The van der Waals surface area contributed by atoms with Gasteiger partial charge < -0.3 is 20.6 Å². The van der Waals surface area contributed by atoms with Gasteiger partial charge in [0, 0.05) is 18.4 Å². The van der Waals surface area contributed by atoms with Crippen LogP contribution >= 0.6 is 0 Å². The van der Waals surface area contributed by atoms with Crippen LogP contribution in [0.2, 0.25) is 0 Å². The topological polar surface area (TPSA) is 82.4 Å². The molecule has 0 saturated heterocycles. The van der Waals surface area contributed by atoms with Crippen LogP contribution in [0.25, 0.3) is 0 Å². The molecule has 0 aliphatic heterocycles. The van der Waals surface area contributed by atoms with Gasteiger partial charge in [-0.05, 0) is 33.2 Å². The number of urea groups is 1. The predicted octanol–water partition coefficient (Wildman–Crippen LogP) is 1.76. The fourth-order valence-electron chi connectivity index (χ4n) is 2.15. The minimum absolute atomic E-state index is 0.331. The van der Waals surface area contributed by atoms with Gasteiger partial charge in [-0.25, -0.2) is 4.79 Å². The van der Waals surface area contributed by atoms with Gasteiger partial charge in [0.15, 0.2) is 0 Å². The fourth-order valence-corrected chi connectivity index (χ4v) is 2.15. The quantitative estimate of drug-likeness (QED) is 0.758. The highest BCUT2D eigenvalue weighted by atomic mass is 16.3. The van der Waals surface area contributed by atoms with Crippen LogP contribution in [0.15, 0.2) is 36.7 Å². The van der Waals surface area contributed by atoms with E-state index >= 15 is 0 Å². The maximum atomic E-state index is 11.9. The largest absolute Gasteiger partial charge is 0.390 e. The van der Waals surface area contributed by atoms with Gasteiger partial charge in [0.05, 0.1) is 24.5 Å². The number of aromatic nitrogens is 2. The Kier molecular flexibility index (Phi) is 5.72. The average Bonchev–Trinajstić information content (AvgIpc) is 2.87. The van der Waals surface area contributed by atoms with E-state index in [0.29, 0.717) is 18.8 Å². The van der Waals surface area contributed by atoms with E-state index < -0.39 is 6.10 Å². The maximum Gasteiger partial charge on any atom is 0.323 e. The first-order valence-electron chi connectivity index (χ1n) is 7.42. The van der Waals surface area contributed by atoms with Gasteiger partial charge in [-0.3, -0.25) is 4.68 Å². The maximum absolute atomic E-state index is 11.9. The number of rotatable bonds is 6. The van der Waals surface area contributed by atoms with Crippen molar-refractivity contribution < 1.29 is 9.90 Å². The smallest absolute Gasteiger partial charge is 0.323 e. The van der Waals surface area contributed by atoms with Crippen molar-refractivity contribution in [2.75, 3.05) is 31.3 Å². The van der Waals surface area contributed by atoms with Gasteiger partial charge in [0.25, 0.3) is 0 Å². The van der Waals surface area contributed by atoms with Crippen molar-refractivity contribution in [1.82, 2.24) is 14.7 Å². The molecule has 0 aliphatic rings. The van der Waals surface area contributed by atoms with Gasteiger partial charge in [-0.1, -0.05) is 17.7 Å². The number of hydrogen-bond acceptors (Lipinski definition) is 4. The second-order valence-corrected chi connectivity index (χ2v) is 5.81. The number of amides is 2. The van der Waals surface area contributed by atoms with Crippen molar-refractivity contribution in [2.45, 2.75) is 19.6 Å². The molecule has 2 rings (SSSR count). The molecule has 1 aromatic carbocycles. The van der Waals surface area contributed by atoms with E-state index in [2.05, 4.69) is 15.7 Å². The number of nitrogens with one attached hydrogen (secondary N) is 2. The molecular formula is C16H23N5O2. The van der Waals surface area contributed by atoms with E-state index in [4.69, 9.17) is 0 Å². The van der Waals surface area contributed by atoms with E-state index in [0.717, 1.165) is 11.3 Å². The lowest BCUT2D eigenvalue weighted by Crippen LogP contribution is -2.29. The van der Waals surface area contributed by atoms with Crippen LogP contribution in [-0.2, 0) is 6.54 Å². The van der Waals surface area contributed by atoms with E-state index in [1.54, 1.807) is 17.1 Å². The Labute approximate surface area is 135 Å². The molecule has 124 valence electrons. The summed E-state index contributed by atoms with van der Waals surface area (Å²) in [5.41, 5.74) is 2.43. The Bertz CT molecular complexity index is 636. The minimum atomic E-state index is -0.515. The van der Waals surface area contributed by atoms with Gasteiger partial charge >= 0.3 is 6.03 Å². The summed E-state index contributed by atoms with van der Waals surface area (Å²) in [4.78, 5) is 13.8. The summed E-state index contributed by atoms with van der Waals surface area (Å²) in [6, 6.07) is 7.22. The van der Waals surface area contributed by atoms with Crippen molar-refractivity contribution >= 4 is 17.4 Å². The molecule has 23 heavy (non-hydrogen) atoms. The van der Waals surface area contributed by atoms with Crippen molar-refractivity contribution in [3.8, 4) is 0 Å². The Balaban J connectivity index is 1.86. The third kappa shape index (κ3) is 5.72. The summed E-state index contributed by atoms with van der Waals surface area (Å²) in [6.45, 7) is 2.92. The van der Waals surface area contributed by atoms with Gasteiger partial charge in [0.2, 0.25) is 0 Å². The number of likely N-dealkylation sites (N-methyl/N-ethyl adjacent to an activating group) is 1. The molecule has 0 unspecified atom stereocenters. The second kappa shape index (κ2) is 7.75. The lowest BCUT2D eigenvalue weighted by Gasteiger charge is -2.15. The van der Waals surface area contributed by atoms with E-state index in [9.17, 15) is 9.90 Å². The van der Waals surface area contributed by atoms with Crippen molar-refractivity contribution in [2.24, 2.45) is 0 Å².